The summed E-state index contributed by atoms with van der Waals surface area (Å²) < 4.78 is 34.6. The first-order valence-electron chi connectivity index (χ1n) is 14.1. The number of benzene rings is 3. The fraction of sp³-hybridized carbons (Fsp3) is 0.375. The molecule has 8 nitrogen and oxygen atoms in total. The minimum absolute atomic E-state index is 0.0355. The summed E-state index contributed by atoms with van der Waals surface area (Å²) in [6, 6.07) is 21.8. The molecule has 3 rings (SSSR count). The highest BCUT2D eigenvalue weighted by atomic mass is 32.2. The largest absolute Gasteiger partial charge is 0.494 e. The number of carbonyl (C=O) groups is 2. The number of nitrogens with zero attached hydrogens (tertiary/aromatic N) is 2. The fourth-order valence-electron chi connectivity index (χ4n) is 4.45. The van der Waals surface area contributed by atoms with Crippen LogP contribution in [0.15, 0.2) is 83.8 Å². The van der Waals surface area contributed by atoms with Gasteiger partial charge in [0.25, 0.3) is 10.0 Å². The number of hydrogen-bond acceptors (Lipinski definition) is 5. The number of anilines is 1. The molecule has 0 spiro atoms. The molecular formula is C32H41N3O5S. The zero-order valence-electron chi connectivity index (χ0n) is 24.4. The van der Waals surface area contributed by atoms with Crippen LogP contribution in [0, 0.1) is 6.92 Å². The molecule has 0 saturated carbocycles. The Kier molecular flexibility index (Phi) is 11.8. The van der Waals surface area contributed by atoms with Gasteiger partial charge in [-0.25, -0.2) is 8.42 Å². The van der Waals surface area contributed by atoms with Gasteiger partial charge in [-0.1, -0.05) is 68.3 Å². The third kappa shape index (κ3) is 8.57. The van der Waals surface area contributed by atoms with Gasteiger partial charge in [0.2, 0.25) is 11.8 Å². The molecule has 0 radical (unpaired) electrons. The molecule has 3 aromatic carbocycles. The zero-order valence-corrected chi connectivity index (χ0v) is 25.2. The van der Waals surface area contributed by atoms with E-state index in [0.717, 1.165) is 28.3 Å². The lowest BCUT2D eigenvalue weighted by molar-refractivity contribution is -0.140. The topological polar surface area (TPSA) is 96.0 Å². The predicted octanol–water partition coefficient (Wildman–Crippen LogP) is 5.31. The van der Waals surface area contributed by atoms with Gasteiger partial charge in [-0.2, -0.15) is 0 Å². The van der Waals surface area contributed by atoms with Gasteiger partial charge in [-0.3, -0.25) is 13.9 Å². The summed E-state index contributed by atoms with van der Waals surface area (Å²) in [6.45, 7) is 8.32. The Morgan fingerprint density at radius 1 is 0.902 bits per heavy atom. The zero-order chi connectivity index (χ0) is 29.8. The molecule has 0 heterocycles. The summed E-state index contributed by atoms with van der Waals surface area (Å²) >= 11 is 0. The van der Waals surface area contributed by atoms with Crippen molar-refractivity contribution in [1.82, 2.24) is 10.2 Å². The van der Waals surface area contributed by atoms with Gasteiger partial charge in [0.15, 0.2) is 0 Å². The SMILES string of the molecule is CCCCNC(=O)[C@H](CC)N(Cc1ccccc1)C(=O)CN(c1ccc(C)cc1)S(=O)(=O)c1ccc(OCC)cc1. The Labute approximate surface area is 244 Å². The molecule has 9 heteroatoms. The first kappa shape index (κ1) is 31.7. The van der Waals surface area contributed by atoms with Crippen molar-refractivity contribution in [1.29, 1.82) is 0 Å². The smallest absolute Gasteiger partial charge is 0.264 e. The lowest BCUT2D eigenvalue weighted by Crippen LogP contribution is -2.52. The molecule has 1 atom stereocenters. The maximum atomic E-state index is 14.1. The van der Waals surface area contributed by atoms with Gasteiger partial charge in [0, 0.05) is 13.1 Å². The molecule has 220 valence electrons. The molecule has 0 unspecified atom stereocenters. The Balaban J connectivity index is 2.00. The first-order chi connectivity index (χ1) is 19.7. The van der Waals surface area contributed by atoms with Crippen LogP contribution < -0.4 is 14.4 Å². The second-order valence-corrected chi connectivity index (χ2v) is 11.7. The van der Waals surface area contributed by atoms with Crippen molar-refractivity contribution in [3.8, 4) is 5.75 Å². The average Bonchev–Trinajstić information content (AvgIpc) is 2.97. The van der Waals surface area contributed by atoms with Crippen LogP contribution in [0.4, 0.5) is 5.69 Å². The van der Waals surface area contributed by atoms with E-state index in [1.807, 2.05) is 58.0 Å². The Morgan fingerprint density at radius 2 is 1.56 bits per heavy atom. The van der Waals surface area contributed by atoms with E-state index in [0.29, 0.717) is 31.0 Å². The number of unbranched alkanes of at least 4 members (excludes halogenated alkanes) is 1. The van der Waals surface area contributed by atoms with Gasteiger partial charge in [-0.15, -0.1) is 0 Å². The van der Waals surface area contributed by atoms with Crippen molar-refractivity contribution < 1.29 is 22.7 Å². The van der Waals surface area contributed by atoms with Crippen LogP contribution in [0.5, 0.6) is 5.75 Å². The maximum absolute atomic E-state index is 14.1. The lowest BCUT2D eigenvalue weighted by Gasteiger charge is -2.33. The van der Waals surface area contributed by atoms with Crippen molar-refractivity contribution in [3.05, 3.63) is 90.0 Å². The number of sulfonamides is 1. The molecule has 41 heavy (non-hydrogen) atoms. The van der Waals surface area contributed by atoms with Gasteiger partial charge in [0.1, 0.15) is 18.3 Å². The van der Waals surface area contributed by atoms with Crippen LogP contribution in [-0.4, -0.2) is 50.9 Å². The van der Waals surface area contributed by atoms with Crippen molar-refractivity contribution in [2.45, 2.75) is 64.4 Å². The Morgan fingerprint density at radius 3 is 2.15 bits per heavy atom. The van der Waals surface area contributed by atoms with E-state index in [1.165, 1.54) is 17.0 Å². The fourth-order valence-corrected chi connectivity index (χ4v) is 5.86. The second kappa shape index (κ2) is 15.2. The third-order valence-corrected chi connectivity index (χ3v) is 8.52. The lowest BCUT2D eigenvalue weighted by atomic mass is 10.1. The standard InChI is InChI=1S/C32H41N3O5S/c1-5-8-22-33-32(37)30(6-2)34(23-26-12-10-9-11-13-26)31(36)24-35(27-16-14-25(4)15-17-27)41(38,39)29-20-18-28(19-21-29)40-7-3/h9-21,30H,5-8,22-24H2,1-4H3,(H,33,37)/t30-/m0/s1. The number of aryl methyl sites for hydroxylation is 1. The number of hydrogen-bond donors (Lipinski definition) is 1. The van der Waals surface area contributed by atoms with Crippen molar-refractivity contribution in [2.24, 2.45) is 0 Å². The number of carbonyl (C=O) groups excluding carboxylic acids is 2. The van der Waals surface area contributed by atoms with E-state index >= 15 is 0 Å². The number of rotatable bonds is 15. The molecule has 3 aromatic rings. The summed E-state index contributed by atoms with van der Waals surface area (Å²) in [5.74, 6) is -0.166. The molecule has 0 bridgehead atoms. The predicted molar refractivity (Wildman–Crippen MR) is 162 cm³/mol. The van der Waals surface area contributed by atoms with Crippen molar-refractivity contribution >= 4 is 27.5 Å². The van der Waals surface area contributed by atoms with Gasteiger partial charge in [-0.05, 0) is 68.7 Å². The van der Waals surface area contributed by atoms with E-state index < -0.39 is 28.5 Å². The summed E-state index contributed by atoms with van der Waals surface area (Å²) in [4.78, 5) is 28.8. The highest BCUT2D eigenvalue weighted by molar-refractivity contribution is 7.92. The summed E-state index contributed by atoms with van der Waals surface area (Å²) in [6.07, 6.45) is 2.14. The molecular weight excluding hydrogens is 538 g/mol. The summed E-state index contributed by atoms with van der Waals surface area (Å²) in [5.41, 5.74) is 2.16. The van der Waals surface area contributed by atoms with Crippen LogP contribution >= 0.6 is 0 Å². The normalized spacial score (nSPS) is 11.9. The van der Waals surface area contributed by atoms with E-state index in [1.54, 1.807) is 36.4 Å². The first-order valence-corrected chi connectivity index (χ1v) is 15.6. The van der Waals surface area contributed by atoms with Crippen LogP contribution in [0.2, 0.25) is 0 Å². The van der Waals surface area contributed by atoms with E-state index in [4.69, 9.17) is 4.74 Å². The molecule has 1 N–H and O–H groups in total. The summed E-state index contributed by atoms with van der Waals surface area (Å²) in [7, 11) is -4.14. The van der Waals surface area contributed by atoms with Gasteiger partial charge < -0.3 is 15.0 Å². The molecule has 2 amide bonds. The van der Waals surface area contributed by atoms with Crippen LogP contribution in [0.25, 0.3) is 0 Å². The van der Waals surface area contributed by atoms with Crippen LogP contribution in [-0.2, 0) is 26.2 Å². The Hall–Kier alpha value is -3.85. The Bertz CT molecular complexity index is 1360. The van der Waals surface area contributed by atoms with E-state index in [2.05, 4.69) is 5.32 Å². The molecule has 0 aromatic heterocycles. The third-order valence-electron chi connectivity index (χ3n) is 6.73. The van der Waals surface area contributed by atoms with Crippen LogP contribution in [0.3, 0.4) is 0 Å². The molecule has 0 saturated heterocycles. The molecule has 0 fully saturated rings. The number of amides is 2. The van der Waals surface area contributed by atoms with E-state index in [-0.39, 0.29) is 17.3 Å². The van der Waals surface area contributed by atoms with Gasteiger partial charge >= 0.3 is 0 Å². The quantitative estimate of drug-likeness (QED) is 0.246. The maximum Gasteiger partial charge on any atom is 0.264 e. The van der Waals surface area contributed by atoms with Gasteiger partial charge in [0.05, 0.1) is 17.2 Å². The van der Waals surface area contributed by atoms with Crippen molar-refractivity contribution in [2.75, 3.05) is 24.0 Å². The second-order valence-electron chi connectivity index (χ2n) is 9.83. The molecule has 0 aliphatic rings. The molecule has 0 aliphatic carbocycles. The average molecular weight is 580 g/mol. The monoisotopic (exact) mass is 579 g/mol. The number of ether oxygens (including phenoxy) is 1. The molecule has 0 aliphatic heterocycles. The minimum Gasteiger partial charge on any atom is -0.494 e. The summed E-state index contributed by atoms with van der Waals surface area (Å²) in [5, 5.41) is 2.94. The highest BCUT2D eigenvalue weighted by Gasteiger charge is 2.33. The minimum atomic E-state index is -4.14. The highest BCUT2D eigenvalue weighted by Crippen LogP contribution is 2.26. The van der Waals surface area contributed by atoms with Crippen LogP contribution in [0.1, 0.15) is 51.2 Å². The van der Waals surface area contributed by atoms with E-state index in [9.17, 15) is 18.0 Å². The number of nitrogens with one attached hydrogen (secondary N) is 1. The van der Waals surface area contributed by atoms with Crippen molar-refractivity contribution in [3.63, 3.8) is 0 Å².